The van der Waals surface area contributed by atoms with Crippen molar-refractivity contribution in [2.24, 2.45) is 5.41 Å². The van der Waals surface area contributed by atoms with Crippen molar-refractivity contribution < 1.29 is 18.7 Å². The third-order valence-electron chi connectivity index (χ3n) is 2.54. The average molecular weight is 272 g/mol. The minimum absolute atomic E-state index is 0.0242. The lowest BCUT2D eigenvalue weighted by atomic mass is 9.95. The molecule has 0 aliphatic carbocycles. The molecule has 0 aromatic heterocycles. The van der Waals surface area contributed by atoms with Crippen molar-refractivity contribution >= 4 is 11.6 Å². The fourth-order valence-electron chi connectivity index (χ4n) is 1.37. The molecule has 0 aliphatic rings. The van der Waals surface area contributed by atoms with E-state index in [1.807, 2.05) is 13.8 Å². The second kappa shape index (κ2) is 6.58. The van der Waals surface area contributed by atoms with Gasteiger partial charge < -0.3 is 15.7 Å². The maximum Gasteiger partial charge on any atom is 0.238 e. The third kappa shape index (κ3) is 4.92. The molecule has 0 bridgehead atoms. The van der Waals surface area contributed by atoms with E-state index in [-0.39, 0.29) is 18.6 Å². The number of hydrogen-bond donors (Lipinski definition) is 3. The van der Waals surface area contributed by atoms with Crippen LogP contribution in [0, 0.1) is 17.0 Å². The van der Waals surface area contributed by atoms with Crippen LogP contribution in [0.1, 0.15) is 13.8 Å². The number of anilines is 1. The summed E-state index contributed by atoms with van der Waals surface area (Å²) in [5.74, 6) is -2.18. The van der Waals surface area contributed by atoms with Crippen molar-refractivity contribution in [1.29, 1.82) is 0 Å². The van der Waals surface area contributed by atoms with E-state index in [4.69, 9.17) is 5.11 Å². The first-order valence-corrected chi connectivity index (χ1v) is 5.91. The van der Waals surface area contributed by atoms with Gasteiger partial charge in [-0.1, -0.05) is 19.9 Å². The lowest BCUT2D eigenvalue weighted by Gasteiger charge is -2.21. The summed E-state index contributed by atoms with van der Waals surface area (Å²) >= 11 is 0. The molecule has 0 atom stereocenters. The summed E-state index contributed by atoms with van der Waals surface area (Å²) in [6.45, 7) is 3.96. The van der Waals surface area contributed by atoms with E-state index in [1.165, 1.54) is 6.07 Å². The van der Waals surface area contributed by atoms with Crippen molar-refractivity contribution in [2.75, 3.05) is 25.0 Å². The highest BCUT2D eigenvalue weighted by Gasteiger charge is 2.17. The van der Waals surface area contributed by atoms with E-state index in [1.54, 1.807) is 0 Å². The number of para-hydroxylation sites is 1. The number of carbonyl (C=O) groups excluding carboxylic acids is 1. The lowest BCUT2D eigenvalue weighted by Crippen LogP contribution is -2.37. The quantitative estimate of drug-likeness (QED) is 0.735. The van der Waals surface area contributed by atoms with Crippen LogP contribution in [0.5, 0.6) is 0 Å². The largest absolute Gasteiger partial charge is 0.396 e. The molecule has 19 heavy (non-hydrogen) atoms. The second-order valence-electron chi connectivity index (χ2n) is 5.07. The summed E-state index contributed by atoms with van der Waals surface area (Å²) in [6.07, 6.45) is 0. The van der Waals surface area contributed by atoms with Crippen LogP contribution in [0.4, 0.5) is 14.5 Å². The lowest BCUT2D eigenvalue weighted by molar-refractivity contribution is -0.115. The van der Waals surface area contributed by atoms with Crippen LogP contribution >= 0.6 is 0 Å². The van der Waals surface area contributed by atoms with Crippen molar-refractivity contribution in [2.45, 2.75) is 13.8 Å². The minimum Gasteiger partial charge on any atom is -0.396 e. The molecule has 0 unspecified atom stereocenters. The van der Waals surface area contributed by atoms with Crippen LogP contribution in [0.2, 0.25) is 0 Å². The molecular weight excluding hydrogens is 254 g/mol. The molecular formula is C13H18F2N2O2. The van der Waals surface area contributed by atoms with Crippen LogP contribution in [-0.4, -0.2) is 30.7 Å². The molecule has 0 spiro atoms. The minimum atomic E-state index is -0.816. The molecule has 0 saturated heterocycles. The Labute approximate surface area is 110 Å². The van der Waals surface area contributed by atoms with E-state index in [9.17, 15) is 13.6 Å². The van der Waals surface area contributed by atoms with Gasteiger partial charge in [0.2, 0.25) is 5.91 Å². The Morgan fingerprint density at radius 3 is 2.42 bits per heavy atom. The number of rotatable bonds is 6. The first kappa shape index (κ1) is 15.5. The zero-order valence-corrected chi connectivity index (χ0v) is 11.0. The SMILES string of the molecule is CC(C)(CO)CNCC(=O)Nc1c(F)cccc1F. The van der Waals surface area contributed by atoms with E-state index < -0.39 is 23.2 Å². The van der Waals surface area contributed by atoms with E-state index in [0.29, 0.717) is 6.54 Å². The number of carbonyl (C=O) groups is 1. The van der Waals surface area contributed by atoms with Crippen LogP contribution in [-0.2, 0) is 4.79 Å². The Hall–Kier alpha value is -1.53. The van der Waals surface area contributed by atoms with Gasteiger partial charge in [0.15, 0.2) is 0 Å². The fourth-order valence-corrected chi connectivity index (χ4v) is 1.37. The number of nitrogens with one attached hydrogen (secondary N) is 2. The van der Waals surface area contributed by atoms with Crippen LogP contribution in [0.25, 0.3) is 0 Å². The van der Waals surface area contributed by atoms with E-state index in [0.717, 1.165) is 12.1 Å². The van der Waals surface area contributed by atoms with Crippen molar-refractivity contribution in [3.05, 3.63) is 29.8 Å². The molecule has 0 aliphatic heterocycles. The molecule has 3 N–H and O–H groups in total. The highest BCUT2D eigenvalue weighted by molar-refractivity contribution is 5.92. The van der Waals surface area contributed by atoms with Gasteiger partial charge >= 0.3 is 0 Å². The monoisotopic (exact) mass is 272 g/mol. The number of benzene rings is 1. The molecule has 1 aromatic carbocycles. The smallest absolute Gasteiger partial charge is 0.238 e. The van der Waals surface area contributed by atoms with E-state index >= 15 is 0 Å². The Bertz CT molecular complexity index is 430. The molecule has 1 aromatic rings. The van der Waals surface area contributed by atoms with Crippen molar-refractivity contribution in [1.82, 2.24) is 5.32 Å². The first-order valence-electron chi connectivity index (χ1n) is 5.91. The highest BCUT2D eigenvalue weighted by atomic mass is 19.1. The molecule has 0 saturated carbocycles. The summed E-state index contributed by atoms with van der Waals surface area (Å²) in [6, 6.07) is 3.37. The Morgan fingerprint density at radius 1 is 1.32 bits per heavy atom. The maximum absolute atomic E-state index is 13.3. The fraction of sp³-hybridized carbons (Fsp3) is 0.462. The Balaban J connectivity index is 2.48. The molecule has 0 heterocycles. The Kier molecular flexibility index (Phi) is 5.38. The summed E-state index contributed by atoms with van der Waals surface area (Å²) < 4.78 is 26.5. The molecule has 106 valence electrons. The number of hydrogen-bond acceptors (Lipinski definition) is 3. The maximum atomic E-state index is 13.3. The van der Waals surface area contributed by atoms with Crippen molar-refractivity contribution in [3.63, 3.8) is 0 Å². The average Bonchev–Trinajstić information content (AvgIpc) is 2.34. The first-order chi connectivity index (χ1) is 8.85. The molecule has 1 rings (SSSR count). The van der Waals surface area contributed by atoms with Crippen LogP contribution in [0.15, 0.2) is 18.2 Å². The second-order valence-corrected chi connectivity index (χ2v) is 5.07. The summed E-state index contributed by atoms with van der Waals surface area (Å²) in [5.41, 5.74) is -0.806. The van der Waals surface area contributed by atoms with Gasteiger partial charge in [0.05, 0.1) is 6.54 Å². The third-order valence-corrected chi connectivity index (χ3v) is 2.54. The molecule has 0 radical (unpaired) electrons. The van der Waals surface area contributed by atoms with Gasteiger partial charge in [-0.3, -0.25) is 4.79 Å². The molecule has 4 nitrogen and oxygen atoms in total. The number of aliphatic hydroxyl groups is 1. The predicted molar refractivity (Wildman–Crippen MR) is 68.7 cm³/mol. The van der Waals surface area contributed by atoms with Crippen molar-refractivity contribution in [3.8, 4) is 0 Å². The molecule has 0 fully saturated rings. The highest BCUT2D eigenvalue weighted by Crippen LogP contribution is 2.17. The standard InChI is InChI=1S/C13H18F2N2O2/c1-13(2,8-18)7-16-6-11(19)17-12-9(14)4-3-5-10(12)15/h3-5,16,18H,6-8H2,1-2H3,(H,17,19). The van der Waals surface area contributed by atoms with Gasteiger partial charge in [0.1, 0.15) is 17.3 Å². The van der Waals surface area contributed by atoms with Gasteiger partial charge in [-0.05, 0) is 12.1 Å². The Morgan fingerprint density at radius 2 is 1.89 bits per heavy atom. The summed E-state index contributed by atoms with van der Waals surface area (Å²) in [7, 11) is 0. The van der Waals surface area contributed by atoms with Gasteiger partial charge in [-0.2, -0.15) is 0 Å². The molecule has 6 heteroatoms. The van der Waals surface area contributed by atoms with Gasteiger partial charge in [0, 0.05) is 18.6 Å². The summed E-state index contributed by atoms with van der Waals surface area (Å²) in [4.78, 5) is 11.5. The number of halogens is 2. The topological polar surface area (TPSA) is 61.4 Å². The predicted octanol–water partition coefficient (Wildman–Crippen LogP) is 1.51. The van der Waals surface area contributed by atoms with Crippen LogP contribution < -0.4 is 10.6 Å². The zero-order valence-electron chi connectivity index (χ0n) is 11.0. The van der Waals surface area contributed by atoms with E-state index in [2.05, 4.69) is 10.6 Å². The summed E-state index contributed by atoms with van der Waals surface area (Å²) in [5, 5.41) is 14.0. The van der Waals surface area contributed by atoms with Crippen LogP contribution in [0.3, 0.4) is 0 Å². The molecule has 1 amide bonds. The van der Waals surface area contributed by atoms with Gasteiger partial charge in [0.25, 0.3) is 0 Å². The number of aliphatic hydroxyl groups excluding tert-OH is 1. The number of amides is 1. The normalized spacial score (nSPS) is 11.4. The van der Waals surface area contributed by atoms with Gasteiger partial charge in [-0.25, -0.2) is 8.78 Å². The van der Waals surface area contributed by atoms with Gasteiger partial charge in [-0.15, -0.1) is 0 Å². The zero-order chi connectivity index (χ0) is 14.5.